The van der Waals surface area contributed by atoms with E-state index in [0.29, 0.717) is 11.1 Å². The molecule has 1 nitrogen and oxygen atoms in total. The van der Waals surface area contributed by atoms with Crippen LogP contribution in [0.15, 0.2) is 0 Å². The molecule has 0 spiro atoms. The Balaban J connectivity index is 1.90. The monoisotopic (exact) mass is 125 g/mol. The third-order valence-electron chi connectivity index (χ3n) is 2.60. The number of hydrogen-bond acceptors (Lipinski definition) is 1. The van der Waals surface area contributed by atoms with E-state index in [9.17, 15) is 0 Å². The van der Waals surface area contributed by atoms with Crippen LogP contribution >= 0.6 is 0 Å². The van der Waals surface area contributed by atoms with E-state index in [0.717, 1.165) is 0 Å². The van der Waals surface area contributed by atoms with E-state index in [1.807, 2.05) is 0 Å². The Bertz CT molecular complexity index is 116. The summed E-state index contributed by atoms with van der Waals surface area (Å²) in [4.78, 5) is 0. The first-order valence-corrected chi connectivity index (χ1v) is 3.91. The lowest BCUT2D eigenvalue weighted by Crippen LogP contribution is -2.37. The zero-order chi connectivity index (χ0) is 6.54. The fourth-order valence-electron chi connectivity index (χ4n) is 1.35. The van der Waals surface area contributed by atoms with Gasteiger partial charge in [0.15, 0.2) is 0 Å². The highest BCUT2D eigenvalue weighted by molar-refractivity contribution is 5.08. The van der Waals surface area contributed by atoms with Gasteiger partial charge in [0, 0.05) is 11.1 Å². The van der Waals surface area contributed by atoms with Crippen LogP contribution in [0.1, 0.15) is 39.5 Å². The Morgan fingerprint density at radius 2 is 1.22 bits per heavy atom. The highest BCUT2D eigenvalue weighted by Gasteiger charge is 2.47. The molecule has 0 amide bonds. The van der Waals surface area contributed by atoms with E-state index in [-0.39, 0.29) is 0 Å². The molecule has 2 rings (SSSR count). The number of hydrogen-bond donors (Lipinski definition) is 1. The van der Waals surface area contributed by atoms with Gasteiger partial charge in [-0.15, -0.1) is 0 Å². The topological polar surface area (TPSA) is 12.0 Å². The number of nitrogens with one attached hydrogen (secondary N) is 1. The largest absolute Gasteiger partial charge is 0.306 e. The predicted octanol–water partition coefficient (Wildman–Crippen LogP) is 1.68. The Labute approximate surface area is 56.8 Å². The molecule has 2 fully saturated rings. The van der Waals surface area contributed by atoms with Crippen LogP contribution in [0.25, 0.3) is 0 Å². The zero-order valence-corrected chi connectivity index (χ0v) is 6.33. The van der Waals surface area contributed by atoms with Crippen LogP contribution in [-0.2, 0) is 0 Å². The Morgan fingerprint density at radius 1 is 0.889 bits per heavy atom. The van der Waals surface area contributed by atoms with Gasteiger partial charge in [-0.25, -0.2) is 0 Å². The highest BCUT2D eigenvalue weighted by Crippen LogP contribution is 2.43. The van der Waals surface area contributed by atoms with Gasteiger partial charge in [0.25, 0.3) is 0 Å². The molecular formula is C8H15N. The molecule has 0 aromatic heterocycles. The van der Waals surface area contributed by atoms with Gasteiger partial charge in [0.1, 0.15) is 0 Å². The van der Waals surface area contributed by atoms with Crippen molar-refractivity contribution < 1.29 is 0 Å². The van der Waals surface area contributed by atoms with Crippen LogP contribution in [0.2, 0.25) is 0 Å². The predicted molar refractivity (Wildman–Crippen MR) is 38.4 cm³/mol. The summed E-state index contributed by atoms with van der Waals surface area (Å²) in [7, 11) is 0. The van der Waals surface area contributed by atoms with Crippen molar-refractivity contribution >= 4 is 0 Å². The average molecular weight is 125 g/mol. The minimum absolute atomic E-state index is 0.547. The van der Waals surface area contributed by atoms with E-state index in [2.05, 4.69) is 19.2 Å². The summed E-state index contributed by atoms with van der Waals surface area (Å²) in [5.74, 6) is 0. The third kappa shape index (κ3) is 1.11. The van der Waals surface area contributed by atoms with E-state index < -0.39 is 0 Å². The second-order valence-electron chi connectivity index (χ2n) is 4.25. The zero-order valence-electron chi connectivity index (χ0n) is 6.33. The van der Waals surface area contributed by atoms with Crippen molar-refractivity contribution in [3.05, 3.63) is 0 Å². The third-order valence-corrected chi connectivity index (χ3v) is 2.60. The first-order chi connectivity index (χ1) is 4.12. The van der Waals surface area contributed by atoms with Crippen molar-refractivity contribution in [3.63, 3.8) is 0 Å². The van der Waals surface area contributed by atoms with Gasteiger partial charge < -0.3 is 5.32 Å². The minimum atomic E-state index is 0.547. The summed E-state index contributed by atoms with van der Waals surface area (Å²) < 4.78 is 0. The van der Waals surface area contributed by atoms with Gasteiger partial charge >= 0.3 is 0 Å². The second-order valence-corrected chi connectivity index (χ2v) is 4.25. The Hall–Kier alpha value is -0.0400. The van der Waals surface area contributed by atoms with E-state index >= 15 is 0 Å². The quantitative estimate of drug-likeness (QED) is 0.592. The van der Waals surface area contributed by atoms with E-state index in [1.54, 1.807) is 0 Å². The molecule has 2 saturated carbocycles. The molecule has 9 heavy (non-hydrogen) atoms. The molecule has 0 atom stereocenters. The lowest BCUT2D eigenvalue weighted by atomic mass is 10.2. The van der Waals surface area contributed by atoms with Gasteiger partial charge in [0.05, 0.1) is 0 Å². The van der Waals surface area contributed by atoms with Gasteiger partial charge in [-0.1, -0.05) is 0 Å². The van der Waals surface area contributed by atoms with Crippen LogP contribution in [0.5, 0.6) is 0 Å². The maximum atomic E-state index is 3.68. The highest BCUT2D eigenvalue weighted by atomic mass is 15.1. The maximum Gasteiger partial charge on any atom is 0.0159 e. The van der Waals surface area contributed by atoms with Crippen molar-refractivity contribution in [3.8, 4) is 0 Å². The van der Waals surface area contributed by atoms with E-state index in [4.69, 9.17) is 0 Å². The van der Waals surface area contributed by atoms with Crippen molar-refractivity contribution in [1.82, 2.24) is 5.32 Å². The van der Waals surface area contributed by atoms with Crippen molar-refractivity contribution in [2.45, 2.75) is 50.6 Å². The van der Waals surface area contributed by atoms with Crippen LogP contribution in [-0.4, -0.2) is 11.1 Å². The standard InChI is InChI=1S/C8H15N/c1-7(3-4-7)9-8(2)5-6-8/h9H,3-6H2,1-2H3. The first-order valence-electron chi connectivity index (χ1n) is 3.91. The fraction of sp³-hybridized carbons (Fsp3) is 1.00. The SMILES string of the molecule is CC1(NC2(C)CC2)CC1. The number of rotatable bonds is 2. The van der Waals surface area contributed by atoms with Crippen LogP contribution in [0.4, 0.5) is 0 Å². The summed E-state index contributed by atoms with van der Waals surface area (Å²) in [6.07, 6.45) is 5.57. The first kappa shape index (κ1) is 5.72. The van der Waals surface area contributed by atoms with E-state index in [1.165, 1.54) is 25.7 Å². The summed E-state index contributed by atoms with van der Waals surface area (Å²) in [6.45, 7) is 4.66. The lowest BCUT2D eigenvalue weighted by molar-refractivity contribution is 0.441. The molecule has 1 N–H and O–H groups in total. The average Bonchev–Trinajstić information content (AvgIpc) is 2.55. The Morgan fingerprint density at radius 3 is 1.44 bits per heavy atom. The van der Waals surface area contributed by atoms with Crippen molar-refractivity contribution in [2.75, 3.05) is 0 Å². The van der Waals surface area contributed by atoms with Crippen LogP contribution in [0, 0.1) is 0 Å². The van der Waals surface area contributed by atoms with Crippen molar-refractivity contribution in [2.24, 2.45) is 0 Å². The summed E-state index contributed by atoms with van der Waals surface area (Å²) >= 11 is 0. The molecule has 2 aliphatic rings. The fourth-order valence-corrected chi connectivity index (χ4v) is 1.35. The molecule has 0 bridgehead atoms. The van der Waals surface area contributed by atoms with Gasteiger partial charge in [-0.2, -0.15) is 0 Å². The molecule has 1 heteroatoms. The normalized spacial score (nSPS) is 34.0. The molecule has 0 aromatic rings. The summed E-state index contributed by atoms with van der Waals surface area (Å²) in [5, 5.41) is 3.68. The molecule has 0 aliphatic heterocycles. The molecule has 0 saturated heterocycles. The Kier molecular flexibility index (Phi) is 0.852. The smallest absolute Gasteiger partial charge is 0.0159 e. The summed E-state index contributed by atoms with van der Waals surface area (Å²) in [6, 6.07) is 0. The lowest BCUT2D eigenvalue weighted by Gasteiger charge is -2.17. The van der Waals surface area contributed by atoms with Crippen LogP contribution < -0.4 is 5.32 Å². The summed E-state index contributed by atoms with van der Waals surface area (Å²) in [5.41, 5.74) is 1.09. The molecule has 0 unspecified atom stereocenters. The minimum Gasteiger partial charge on any atom is -0.306 e. The molecule has 0 radical (unpaired) electrons. The second kappa shape index (κ2) is 1.34. The maximum absolute atomic E-state index is 3.68. The molecule has 0 heterocycles. The molecule has 0 aromatic carbocycles. The van der Waals surface area contributed by atoms with Gasteiger partial charge in [0.2, 0.25) is 0 Å². The van der Waals surface area contributed by atoms with Crippen molar-refractivity contribution in [1.29, 1.82) is 0 Å². The molecule has 2 aliphatic carbocycles. The van der Waals surface area contributed by atoms with Gasteiger partial charge in [-0.3, -0.25) is 0 Å². The van der Waals surface area contributed by atoms with Gasteiger partial charge in [-0.05, 0) is 39.5 Å². The molecule has 52 valence electrons. The molecular weight excluding hydrogens is 110 g/mol. The van der Waals surface area contributed by atoms with Crippen LogP contribution in [0.3, 0.4) is 0 Å².